The van der Waals surface area contributed by atoms with Gasteiger partial charge in [-0.2, -0.15) is 0 Å². The Morgan fingerprint density at radius 1 is 1.12 bits per heavy atom. The van der Waals surface area contributed by atoms with Crippen LogP contribution < -0.4 is 0 Å². The highest BCUT2D eigenvalue weighted by molar-refractivity contribution is 5.55. The SMILES string of the molecule is C=C(C)[C@@H]1CCC(C)C[C@H]1C1CCC(CCCC/C=N/O)CC1O. The number of aliphatic hydroxyl groups excluding tert-OH is 1. The summed E-state index contributed by atoms with van der Waals surface area (Å²) in [4.78, 5) is 0. The zero-order valence-corrected chi connectivity index (χ0v) is 15.7. The minimum Gasteiger partial charge on any atom is -0.411 e. The maximum absolute atomic E-state index is 10.8. The molecule has 6 atom stereocenters. The highest BCUT2D eigenvalue weighted by Gasteiger charge is 2.40. The molecular formula is C21H37NO2. The summed E-state index contributed by atoms with van der Waals surface area (Å²) < 4.78 is 0. The van der Waals surface area contributed by atoms with Crippen LogP contribution in [0.4, 0.5) is 0 Å². The van der Waals surface area contributed by atoms with Crippen LogP contribution in [-0.2, 0) is 0 Å². The van der Waals surface area contributed by atoms with E-state index in [0.717, 1.165) is 25.2 Å². The Kier molecular flexibility index (Phi) is 7.80. The van der Waals surface area contributed by atoms with E-state index in [9.17, 15) is 5.11 Å². The van der Waals surface area contributed by atoms with Crippen LogP contribution in [0.1, 0.15) is 78.1 Å². The van der Waals surface area contributed by atoms with Gasteiger partial charge in [-0.25, -0.2) is 0 Å². The Hall–Kier alpha value is -0.830. The number of unbranched alkanes of at least 4 members (excludes halogenated alkanes) is 2. The summed E-state index contributed by atoms with van der Waals surface area (Å²) in [7, 11) is 0. The zero-order chi connectivity index (χ0) is 17.5. The van der Waals surface area contributed by atoms with Crippen molar-refractivity contribution in [3.8, 4) is 0 Å². The van der Waals surface area contributed by atoms with Gasteiger partial charge in [0.25, 0.3) is 0 Å². The van der Waals surface area contributed by atoms with E-state index in [0.29, 0.717) is 23.7 Å². The number of hydrogen-bond acceptors (Lipinski definition) is 3. The molecule has 0 aromatic rings. The van der Waals surface area contributed by atoms with Crippen molar-refractivity contribution < 1.29 is 10.3 Å². The van der Waals surface area contributed by atoms with Crippen LogP contribution in [0.5, 0.6) is 0 Å². The molecule has 2 aliphatic rings. The minimum atomic E-state index is -0.125. The van der Waals surface area contributed by atoms with Gasteiger partial charge in [0.15, 0.2) is 0 Å². The molecule has 0 amide bonds. The van der Waals surface area contributed by atoms with E-state index in [2.05, 4.69) is 25.6 Å². The summed E-state index contributed by atoms with van der Waals surface area (Å²) in [6.45, 7) is 8.80. The van der Waals surface area contributed by atoms with Crippen molar-refractivity contribution in [2.75, 3.05) is 0 Å². The summed E-state index contributed by atoms with van der Waals surface area (Å²) in [5.41, 5.74) is 1.33. The first kappa shape index (κ1) is 19.5. The van der Waals surface area contributed by atoms with Gasteiger partial charge in [0.2, 0.25) is 0 Å². The standard InChI is InChI=1S/C21H37NO2/c1-15(2)18-10-8-16(3)13-20(18)19-11-9-17(14-21(19)23)7-5-4-6-12-22-24/h12,16-21,23-24H,1,4-11,13-14H2,2-3H3/b22-12+/t16?,17?,18-,19?,20+,21?/m0/s1. The summed E-state index contributed by atoms with van der Waals surface area (Å²) in [5.74, 6) is 3.21. The Morgan fingerprint density at radius 2 is 1.92 bits per heavy atom. The fourth-order valence-electron chi connectivity index (χ4n) is 5.25. The summed E-state index contributed by atoms with van der Waals surface area (Å²) in [6, 6.07) is 0. The molecule has 2 saturated carbocycles. The van der Waals surface area contributed by atoms with Gasteiger partial charge < -0.3 is 10.3 Å². The first-order valence-corrected chi connectivity index (χ1v) is 10.0. The van der Waals surface area contributed by atoms with Crippen molar-refractivity contribution in [2.24, 2.45) is 34.7 Å². The third kappa shape index (κ3) is 5.34. The van der Waals surface area contributed by atoms with Gasteiger partial charge in [0, 0.05) is 6.21 Å². The molecule has 2 fully saturated rings. The molecule has 0 radical (unpaired) electrons. The van der Waals surface area contributed by atoms with E-state index in [1.165, 1.54) is 50.5 Å². The molecule has 0 bridgehead atoms. The lowest BCUT2D eigenvalue weighted by Crippen LogP contribution is -2.40. The smallest absolute Gasteiger partial charge is 0.0573 e. The van der Waals surface area contributed by atoms with Crippen LogP contribution in [0, 0.1) is 29.6 Å². The Labute approximate surface area is 148 Å². The molecule has 3 nitrogen and oxygen atoms in total. The Balaban J connectivity index is 1.84. The van der Waals surface area contributed by atoms with Crippen molar-refractivity contribution in [3.63, 3.8) is 0 Å². The zero-order valence-electron chi connectivity index (χ0n) is 15.7. The predicted molar refractivity (Wildman–Crippen MR) is 100 cm³/mol. The lowest BCUT2D eigenvalue weighted by Gasteiger charge is -2.45. The van der Waals surface area contributed by atoms with Crippen LogP contribution in [0.25, 0.3) is 0 Å². The van der Waals surface area contributed by atoms with E-state index < -0.39 is 0 Å². The largest absolute Gasteiger partial charge is 0.411 e. The summed E-state index contributed by atoms with van der Waals surface area (Å²) in [5, 5.41) is 22.3. The third-order valence-corrected chi connectivity index (χ3v) is 6.60. The quantitative estimate of drug-likeness (QED) is 0.215. The fourth-order valence-corrected chi connectivity index (χ4v) is 5.25. The molecule has 0 aromatic carbocycles. The second-order valence-electron chi connectivity index (χ2n) is 8.53. The van der Waals surface area contributed by atoms with Crippen molar-refractivity contribution >= 4 is 6.21 Å². The molecule has 4 unspecified atom stereocenters. The van der Waals surface area contributed by atoms with Gasteiger partial charge in [-0.05, 0) is 81.5 Å². The number of aliphatic hydroxyl groups is 1. The molecule has 0 heterocycles. The van der Waals surface area contributed by atoms with Crippen LogP contribution in [0.3, 0.4) is 0 Å². The predicted octanol–water partition coefficient (Wildman–Crippen LogP) is 5.41. The minimum absolute atomic E-state index is 0.125. The van der Waals surface area contributed by atoms with Crippen molar-refractivity contribution in [1.82, 2.24) is 0 Å². The molecule has 3 heteroatoms. The average molecular weight is 336 g/mol. The van der Waals surface area contributed by atoms with Crippen molar-refractivity contribution in [2.45, 2.75) is 84.2 Å². The molecule has 0 spiro atoms. The lowest BCUT2D eigenvalue weighted by atomic mass is 9.62. The first-order chi connectivity index (χ1) is 11.5. The third-order valence-electron chi connectivity index (χ3n) is 6.60. The molecule has 2 N–H and O–H groups in total. The maximum atomic E-state index is 10.8. The normalized spacial score (nSPS) is 37.6. The topological polar surface area (TPSA) is 52.8 Å². The van der Waals surface area contributed by atoms with Gasteiger partial charge >= 0.3 is 0 Å². The lowest BCUT2D eigenvalue weighted by molar-refractivity contribution is -0.0146. The van der Waals surface area contributed by atoms with Gasteiger partial charge in [0.05, 0.1) is 6.10 Å². The molecule has 2 rings (SSSR count). The maximum Gasteiger partial charge on any atom is 0.0573 e. The molecule has 0 aliphatic heterocycles. The van der Waals surface area contributed by atoms with Crippen LogP contribution in [-0.4, -0.2) is 22.6 Å². The molecule has 2 aliphatic carbocycles. The number of hydrogen-bond donors (Lipinski definition) is 2. The van der Waals surface area contributed by atoms with E-state index in [1.54, 1.807) is 6.21 Å². The van der Waals surface area contributed by atoms with Crippen molar-refractivity contribution in [3.05, 3.63) is 12.2 Å². The second-order valence-corrected chi connectivity index (χ2v) is 8.53. The number of nitrogens with zero attached hydrogens (tertiary/aromatic N) is 1. The van der Waals surface area contributed by atoms with Crippen LogP contribution >= 0.6 is 0 Å². The molecule has 24 heavy (non-hydrogen) atoms. The fraction of sp³-hybridized carbons (Fsp3) is 0.857. The molecule has 0 aromatic heterocycles. The summed E-state index contributed by atoms with van der Waals surface area (Å²) >= 11 is 0. The average Bonchev–Trinajstić information content (AvgIpc) is 2.54. The van der Waals surface area contributed by atoms with Crippen LogP contribution in [0.2, 0.25) is 0 Å². The van der Waals surface area contributed by atoms with Crippen molar-refractivity contribution in [1.29, 1.82) is 0 Å². The Bertz CT molecular complexity index is 420. The van der Waals surface area contributed by atoms with E-state index in [4.69, 9.17) is 5.21 Å². The van der Waals surface area contributed by atoms with E-state index in [1.807, 2.05) is 0 Å². The van der Waals surface area contributed by atoms with Gasteiger partial charge in [-0.3, -0.25) is 0 Å². The number of allylic oxidation sites excluding steroid dienone is 1. The summed E-state index contributed by atoms with van der Waals surface area (Å²) in [6.07, 6.45) is 13.0. The number of rotatable bonds is 7. The monoisotopic (exact) mass is 335 g/mol. The second kappa shape index (κ2) is 9.60. The highest BCUT2D eigenvalue weighted by Crippen LogP contribution is 2.47. The van der Waals surface area contributed by atoms with Gasteiger partial charge in [-0.15, -0.1) is 5.16 Å². The molecular weight excluding hydrogens is 298 g/mol. The first-order valence-electron chi connectivity index (χ1n) is 10.0. The van der Waals surface area contributed by atoms with Crippen LogP contribution in [0.15, 0.2) is 17.3 Å². The van der Waals surface area contributed by atoms with E-state index in [-0.39, 0.29) is 6.10 Å². The number of oxime groups is 1. The van der Waals surface area contributed by atoms with Gasteiger partial charge in [-0.1, -0.05) is 38.3 Å². The molecule has 138 valence electrons. The van der Waals surface area contributed by atoms with E-state index >= 15 is 0 Å². The van der Waals surface area contributed by atoms with Gasteiger partial charge in [0.1, 0.15) is 0 Å². The highest BCUT2D eigenvalue weighted by atomic mass is 16.4. The molecule has 0 saturated heterocycles. The Morgan fingerprint density at radius 3 is 2.58 bits per heavy atom.